The summed E-state index contributed by atoms with van der Waals surface area (Å²) in [5, 5.41) is 2.63. The Hall–Kier alpha value is -1.50. The van der Waals surface area contributed by atoms with E-state index in [0.29, 0.717) is 12.8 Å². The van der Waals surface area contributed by atoms with Gasteiger partial charge in [-0.15, -0.1) is 11.8 Å². The first kappa shape index (κ1) is 16.9. The third-order valence-corrected chi connectivity index (χ3v) is 4.41. The molecule has 0 unspecified atom stereocenters. The van der Waals surface area contributed by atoms with E-state index < -0.39 is 23.7 Å². The molecule has 1 fully saturated rings. The van der Waals surface area contributed by atoms with Crippen molar-refractivity contribution in [1.82, 2.24) is 5.32 Å². The van der Waals surface area contributed by atoms with E-state index in [1.54, 1.807) is 6.26 Å². The van der Waals surface area contributed by atoms with Gasteiger partial charge in [0.2, 0.25) is 0 Å². The van der Waals surface area contributed by atoms with E-state index >= 15 is 0 Å². The van der Waals surface area contributed by atoms with Crippen LogP contribution in [0.4, 0.5) is 13.2 Å². The van der Waals surface area contributed by atoms with Crippen molar-refractivity contribution < 1.29 is 22.8 Å². The lowest BCUT2D eigenvalue weighted by Gasteiger charge is -2.22. The van der Waals surface area contributed by atoms with Crippen LogP contribution >= 0.6 is 11.8 Å². The first-order valence-corrected chi connectivity index (χ1v) is 8.14. The third-order valence-electron chi connectivity index (χ3n) is 3.63. The van der Waals surface area contributed by atoms with Gasteiger partial charge in [0.25, 0.3) is 5.91 Å². The molecule has 0 radical (unpaired) electrons. The van der Waals surface area contributed by atoms with Gasteiger partial charge in [-0.25, -0.2) is 0 Å². The molecule has 7 heteroatoms. The number of ketones is 1. The summed E-state index contributed by atoms with van der Waals surface area (Å²) >= 11 is 1.07. The Balaban J connectivity index is 2.20. The summed E-state index contributed by atoms with van der Waals surface area (Å²) in [5.74, 6) is -0.518. The van der Waals surface area contributed by atoms with Gasteiger partial charge in [-0.2, -0.15) is 13.2 Å². The molecule has 22 heavy (non-hydrogen) atoms. The molecule has 2 rings (SSSR count). The van der Waals surface area contributed by atoms with E-state index in [4.69, 9.17) is 0 Å². The molecule has 3 nitrogen and oxygen atoms in total. The Morgan fingerprint density at radius 2 is 2.05 bits per heavy atom. The third kappa shape index (κ3) is 3.82. The van der Waals surface area contributed by atoms with Crippen LogP contribution in [0.1, 0.15) is 41.6 Å². The fourth-order valence-electron chi connectivity index (χ4n) is 2.43. The van der Waals surface area contributed by atoms with E-state index in [1.165, 1.54) is 0 Å². The fourth-order valence-corrected chi connectivity index (χ4v) is 3.05. The Morgan fingerprint density at radius 1 is 1.32 bits per heavy atom. The Kier molecular flexibility index (Phi) is 5.16. The van der Waals surface area contributed by atoms with Gasteiger partial charge in [0.15, 0.2) is 5.78 Å². The highest BCUT2D eigenvalue weighted by Crippen LogP contribution is 2.33. The van der Waals surface area contributed by atoms with Crippen LogP contribution in [-0.4, -0.2) is 24.0 Å². The van der Waals surface area contributed by atoms with Gasteiger partial charge >= 0.3 is 6.18 Å². The highest BCUT2D eigenvalue weighted by atomic mass is 32.2. The number of hydrogen-bond donors (Lipinski definition) is 1. The minimum Gasteiger partial charge on any atom is -0.342 e. The normalized spacial score (nSPS) is 19.1. The maximum absolute atomic E-state index is 12.7. The number of hydrogen-bond acceptors (Lipinski definition) is 3. The maximum Gasteiger partial charge on any atom is 0.416 e. The average molecular weight is 331 g/mol. The number of carbonyl (C=O) groups is 2. The number of nitrogens with one attached hydrogen (secondary N) is 1. The molecule has 1 atom stereocenters. The highest BCUT2D eigenvalue weighted by Gasteiger charge is 2.32. The molecule has 1 aliphatic carbocycles. The number of halogens is 3. The summed E-state index contributed by atoms with van der Waals surface area (Å²) in [6.45, 7) is 0. The summed E-state index contributed by atoms with van der Waals surface area (Å²) < 4.78 is 38.1. The standard InChI is InChI=1S/C15H16F3NO2S/c1-22-13-8-9(15(16,17)18)6-7-10(13)14(21)19-11-4-2-3-5-12(11)20/h6-8,11H,2-5H2,1H3,(H,19,21)/t11-/m1/s1. The van der Waals surface area contributed by atoms with Crippen LogP contribution in [0.15, 0.2) is 23.1 Å². The topological polar surface area (TPSA) is 46.2 Å². The molecule has 1 N–H and O–H groups in total. The second-order valence-electron chi connectivity index (χ2n) is 5.15. The number of alkyl halides is 3. The lowest BCUT2D eigenvalue weighted by Crippen LogP contribution is -2.42. The maximum atomic E-state index is 12.7. The number of amides is 1. The first-order valence-electron chi connectivity index (χ1n) is 6.91. The molecule has 0 heterocycles. The quantitative estimate of drug-likeness (QED) is 0.860. The van der Waals surface area contributed by atoms with Gasteiger partial charge in [-0.3, -0.25) is 9.59 Å². The van der Waals surface area contributed by atoms with Crippen LogP contribution in [-0.2, 0) is 11.0 Å². The van der Waals surface area contributed by atoms with Gasteiger partial charge in [-0.1, -0.05) is 6.42 Å². The van der Waals surface area contributed by atoms with Crippen LogP contribution in [0.2, 0.25) is 0 Å². The van der Waals surface area contributed by atoms with Gasteiger partial charge in [0.05, 0.1) is 17.2 Å². The van der Waals surface area contributed by atoms with Gasteiger partial charge in [0.1, 0.15) is 0 Å². The van der Waals surface area contributed by atoms with E-state index in [9.17, 15) is 22.8 Å². The monoisotopic (exact) mass is 331 g/mol. The zero-order valence-electron chi connectivity index (χ0n) is 12.0. The van der Waals surface area contributed by atoms with Crippen molar-refractivity contribution in [1.29, 1.82) is 0 Å². The minimum atomic E-state index is -4.45. The molecule has 0 bridgehead atoms. The summed E-state index contributed by atoms with van der Waals surface area (Å²) in [7, 11) is 0. The summed E-state index contributed by atoms with van der Waals surface area (Å²) in [4.78, 5) is 24.2. The van der Waals surface area contributed by atoms with Crippen molar-refractivity contribution in [2.45, 2.75) is 42.8 Å². The molecule has 1 aromatic carbocycles. The molecule has 1 aliphatic rings. The number of thioether (sulfide) groups is 1. The Bertz CT molecular complexity index is 587. The summed E-state index contributed by atoms with van der Waals surface area (Å²) in [6, 6.07) is 2.48. The van der Waals surface area contributed by atoms with Crippen molar-refractivity contribution in [3.63, 3.8) is 0 Å². The predicted molar refractivity (Wildman–Crippen MR) is 78.0 cm³/mol. The fraction of sp³-hybridized carbons (Fsp3) is 0.467. The molecular weight excluding hydrogens is 315 g/mol. The Morgan fingerprint density at radius 3 is 2.64 bits per heavy atom. The summed E-state index contributed by atoms with van der Waals surface area (Å²) in [6.07, 6.45) is -0.134. The molecule has 120 valence electrons. The van der Waals surface area contributed by atoms with Crippen LogP contribution in [0.3, 0.4) is 0 Å². The van der Waals surface area contributed by atoms with E-state index in [0.717, 1.165) is 42.8 Å². The van der Waals surface area contributed by atoms with E-state index in [1.807, 2.05) is 0 Å². The molecule has 1 aromatic rings. The first-order chi connectivity index (χ1) is 10.3. The molecule has 1 saturated carbocycles. The van der Waals surface area contributed by atoms with Gasteiger partial charge in [0, 0.05) is 11.3 Å². The molecule has 0 saturated heterocycles. The van der Waals surface area contributed by atoms with Crippen LogP contribution in [0, 0.1) is 0 Å². The second-order valence-corrected chi connectivity index (χ2v) is 6.00. The number of carbonyl (C=O) groups excluding carboxylic acids is 2. The average Bonchev–Trinajstić information content (AvgIpc) is 2.48. The van der Waals surface area contributed by atoms with Crippen molar-refractivity contribution in [3.05, 3.63) is 29.3 Å². The predicted octanol–water partition coefficient (Wildman–Crippen LogP) is 3.67. The van der Waals surface area contributed by atoms with Crippen molar-refractivity contribution in [2.24, 2.45) is 0 Å². The van der Waals surface area contributed by atoms with Crippen LogP contribution in [0.5, 0.6) is 0 Å². The number of Topliss-reactive ketones (excluding diaryl/α,β-unsaturated/α-hetero) is 1. The lowest BCUT2D eigenvalue weighted by molar-refractivity contribution is -0.137. The van der Waals surface area contributed by atoms with E-state index in [-0.39, 0.29) is 16.2 Å². The number of rotatable bonds is 3. The highest BCUT2D eigenvalue weighted by molar-refractivity contribution is 7.98. The zero-order chi connectivity index (χ0) is 16.3. The molecule has 0 aromatic heterocycles. The number of benzene rings is 1. The van der Waals surface area contributed by atoms with Crippen molar-refractivity contribution in [3.8, 4) is 0 Å². The molecule has 0 aliphatic heterocycles. The largest absolute Gasteiger partial charge is 0.416 e. The molecular formula is C15H16F3NO2S. The van der Waals surface area contributed by atoms with E-state index in [2.05, 4.69) is 5.32 Å². The molecule has 1 amide bonds. The van der Waals surface area contributed by atoms with Crippen molar-refractivity contribution in [2.75, 3.05) is 6.26 Å². The SMILES string of the molecule is CSc1cc(C(F)(F)F)ccc1C(=O)N[C@@H]1CCCCC1=O. The van der Waals surface area contributed by atoms with Crippen LogP contribution in [0.25, 0.3) is 0 Å². The van der Waals surface area contributed by atoms with Crippen molar-refractivity contribution >= 4 is 23.5 Å². The van der Waals surface area contributed by atoms with Gasteiger partial charge in [-0.05, 0) is 37.3 Å². The zero-order valence-corrected chi connectivity index (χ0v) is 12.8. The lowest BCUT2D eigenvalue weighted by atomic mass is 9.94. The second kappa shape index (κ2) is 6.73. The smallest absolute Gasteiger partial charge is 0.342 e. The summed E-state index contributed by atoms with van der Waals surface area (Å²) in [5.41, 5.74) is -0.624. The Labute approximate surface area is 130 Å². The minimum absolute atomic E-state index is 0.0165. The van der Waals surface area contributed by atoms with Gasteiger partial charge < -0.3 is 5.32 Å². The van der Waals surface area contributed by atoms with Crippen LogP contribution < -0.4 is 5.32 Å². The molecule has 0 spiro atoms.